The van der Waals surface area contributed by atoms with Gasteiger partial charge in [0.1, 0.15) is 12.5 Å². The van der Waals surface area contributed by atoms with E-state index in [0.29, 0.717) is 29.7 Å². The highest BCUT2D eigenvalue weighted by Crippen LogP contribution is 2.38. The van der Waals surface area contributed by atoms with E-state index in [1.54, 1.807) is 22.8 Å². The number of benzene rings is 1. The van der Waals surface area contributed by atoms with E-state index < -0.39 is 6.36 Å². The minimum atomic E-state index is -4.77. The lowest BCUT2D eigenvalue weighted by Gasteiger charge is -2.24. The van der Waals surface area contributed by atoms with Crippen LogP contribution >= 0.6 is 22.7 Å². The van der Waals surface area contributed by atoms with E-state index in [9.17, 15) is 18.0 Å². The lowest BCUT2D eigenvalue weighted by Crippen LogP contribution is -2.26. The van der Waals surface area contributed by atoms with Crippen LogP contribution in [0.15, 0.2) is 29.6 Å². The minimum absolute atomic E-state index is 0.193. The molecule has 0 saturated carbocycles. The van der Waals surface area contributed by atoms with Gasteiger partial charge in [0.05, 0.1) is 23.7 Å². The van der Waals surface area contributed by atoms with E-state index in [2.05, 4.69) is 15.0 Å². The molecule has 164 valence electrons. The van der Waals surface area contributed by atoms with Crippen molar-refractivity contribution in [3.63, 3.8) is 0 Å². The van der Waals surface area contributed by atoms with Crippen molar-refractivity contribution in [3.05, 3.63) is 45.6 Å². The van der Waals surface area contributed by atoms with Gasteiger partial charge in [-0.05, 0) is 24.6 Å². The number of carbonyl (C=O) groups is 1. The van der Waals surface area contributed by atoms with E-state index in [-0.39, 0.29) is 18.1 Å². The molecule has 0 unspecified atom stereocenters. The van der Waals surface area contributed by atoms with Crippen molar-refractivity contribution in [3.8, 4) is 17.0 Å². The Morgan fingerprint density at radius 3 is 2.97 bits per heavy atom. The third kappa shape index (κ3) is 5.00. The monoisotopic (exact) mass is 469 g/mol. The molecule has 1 amide bonds. The Morgan fingerprint density at radius 2 is 2.19 bits per heavy atom. The van der Waals surface area contributed by atoms with E-state index in [1.165, 1.54) is 29.5 Å². The van der Waals surface area contributed by atoms with Gasteiger partial charge < -0.3 is 19.7 Å². The van der Waals surface area contributed by atoms with Crippen molar-refractivity contribution < 1.29 is 27.4 Å². The van der Waals surface area contributed by atoms with Gasteiger partial charge in [-0.3, -0.25) is 4.79 Å². The van der Waals surface area contributed by atoms with Crippen LogP contribution in [0, 0.1) is 6.92 Å². The zero-order chi connectivity index (χ0) is 22.2. The van der Waals surface area contributed by atoms with Crippen molar-refractivity contribution in [2.75, 3.05) is 24.0 Å². The van der Waals surface area contributed by atoms with Crippen LogP contribution in [0.5, 0.6) is 5.75 Å². The van der Waals surface area contributed by atoms with Crippen LogP contribution in [-0.2, 0) is 22.6 Å². The molecule has 1 aromatic carbocycles. The summed E-state index contributed by atoms with van der Waals surface area (Å²) in [6, 6.07) is 5.56. The number of hydrogen-bond donors (Lipinski definition) is 1. The van der Waals surface area contributed by atoms with Gasteiger partial charge in [0.25, 0.3) is 0 Å². The number of amides is 1. The Hall–Kier alpha value is -2.63. The molecule has 11 heteroatoms. The van der Waals surface area contributed by atoms with Crippen molar-refractivity contribution in [1.82, 2.24) is 4.98 Å². The number of rotatable bonds is 5. The van der Waals surface area contributed by atoms with Gasteiger partial charge in [-0.25, -0.2) is 4.98 Å². The van der Waals surface area contributed by atoms with Gasteiger partial charge in [0.15, 0.2) is 5.13 Å². The van der Waals surface area contributed by atoms with Gasteiger partial charge in [-0.2, -0.15) is 0 Å². The quantitative estimate of drug-likeness (QED) is 0.558. The van der Waals surface area contributed by atoms with E-state index in [1.807, 2.05) is 18.9 Å². The highest BCUT2D eigenvalue weighted by Gasteiger charge is 2.31. The summed E-state index contributed by atoms with van der Waals surface area (Å²) in [5.74, 6) is -0.541. The number of nitrogens with zero attached hydrogens (tertiary/aromatic N) is 2. The summed E-state index contributed by atoms with van der Waals surface area (Å²) in [5.41, 5.74) is 2.90. The summed E-state index contributed by atoms with van der Waals surface area (Å²) in [6.07, 6.45) is -4.57. The average molecular weight is 470 g/mol. The third-order valence-electron chi connectivity index (χ3n) is 4.63. The first-order valence-corrected chi connectivity index (χ1v) is 10.9. The number of ether oxygens (including phenoxy) is 2. The fraction of sp³-hybridized carbons (Fsp3) is 0.300. The molecule has 6 nitrogen and oxygen atoms in total. The predicted octanol–water partition coefficient (Wildman–Crippen LogP) is 5.18. The lowest BCUT2D eigenvalue weighted by atomic mass is 10.1. The Labute approximate surface area is 184 Å². The minimum Gasteiger partial charge on any atom is -0.406 e. The molecule has 2 aromatic heterocycles. The largest absolute Gasteiger partial charge is 0.573 e. The molecule has 0 fully saturated rings. The number of aryl methyl sites for hydroxylation is 1. The third-order valence-corrected chi connectivity index (χ3v) is 6.69. The standard InChI is InChI=1S/C20H18F3N3O3S2/c1-11-14(15-8-28-10-26(2)18(15)31-11)7-17(27)25-19-24-16(9-30-19)12-4-3-5-13(6-12)29-20(21,22)23/h3-6,9H,7-8,10H2,1-2H3,(H,24,25,27). The van der Waals surface area contributed by atoms with Crippen molar-refractivity contribution in [2.24, 2.45) is 0 Å². The van der Waals surface area contributed by atoms with Gasteiger partial charge in [0.2, 0.25) is 5.91 Å². The Kier molecular flexibility index (Phi) is 5.91. The second kappa shape index (κ2) is 8.48. The molecule has 0 saturated heterocycles. The Morgan fingerprint density at radius 1 is 1.39 bits per heavy atom. The van der Waals surface area contributed by atoms with Crippen LogP contribution < -0.4 is 15.0 Å². The number of alkyl halides is 3. The van der Waals surface area contributed by atoms with E-state index in [4.69, 9.17) is 4.74 Å². The second-order valence-electron chi connectivity index (χ2n) is 6.93. The fourth-order valence-corrected chi connectivity index (χ4v) is 5.14. The van der Waals surface area contributed by atoms with Crippen LogP contribution in [0.3, 0.4) is 0 Å². The molecule has 0 spiro atoms. The number of thiazole rings is 1. The summed E-state index contributed by atoms with van der Waals surface area (Å²) in [5, 5.41) is 5.93. The molecule has 0 bridgehead atoms. The first kappa shape index (κ1) is 21.6. The maximum Gasteiger partial charge on any atom is 0.573 e. The second-order valence-corrected chi connectivity index (χ2v) is 9.00. The van der Waals surface area contributed by atoms with Gasteiger partial charge in [-0.1, -0.05) is 12.1 Å². The molecule has 1 aliphatic heterocycles. The summed E-state index contributed by atoms with van der Waals surface area (Å²) in [4.78, 5) is 20.0. The van der Waals surface area contributed by atoms with Crippen molar-refractivity contribution in [1.29, 1.82) is 0 Å². The summed E-state index contributed by atoms with van der Waals surface area (Å²) < 4.78 is 46.8. The fourth-order valence-electron chi connectivity index (χ4n) is 3.28. The first-order valence-electron chi connectivity index (χ1n) is 9.21. The zero-order valence-electron chi connectivity index (χ0n) is 16.6. The number of halogens is 3. The topological polar surface area (TPSA) is 63.7 Å². The summed E-state index contributed by atoms with van der Waals surface area (Å²) in [6.45, 7) is 2.98. The number of nitrogens with one attached hydrogen (secondary N) is 1. The Balaban J connectivity index is 1.45. The maximum absolute atomic E-state index is 12.6. The van der Waals surface area contributed by atoms with Crippen LogP contribution in [0.2, 0.25) is 0 Å². The first-order chi connectivity index (χ1) is 14.7. The molecule has 3 heterocycles. The highest BCUT2D eigenvalue weighted by atomic mass is 32.1. The van der Waals surface area contributed by atoms with Gasteiger partial charge in [-0.15, -0.1) is 35.8 Å². The van der Waals surface area contributed by atoms with Crippen LogP contribution in [0.25, 0.3) is 11.3 Å². The molecule has 3 aromatic rings. The number of anilines is 2. The highest BCUT2D eigenvalue weighted by molar-refractivity contribution is 7.16. The number of hydrogen-bond acceptors (Lipinski definition) is 7. The molecule has 0 radical (unpaired) electrons. The molecular formula is C20H18F3N3O3S2. The van der Waals surface area contributed by atoms with E-state index >= 15 is 0 Å². The van der Waals surface area contributed by atoms with Gasteiger partial charge in [0, 0.05) is 28.4 Å². The molecular weight excluding hydrogens is 451 g/mol. The zero-order valence-corrected chi connectivity index (χ0v) is 18.2. The van der Waals surface area contributed by atoms with Crippen LogP contribution in [-0.4, -0.2) is 31.0 Å². The number of carbonyl (C=O) groups excluding carboxylic acids is 1. The number of thiophene rings is 1. The normalized spacial score (nSPS) is 13.8. The molecule has 0 aliphatic carbocycles. The summed E-state index contributed by atoms with van der Waals surface area (Å²) in [7, 11) is 1.95. The average Bonchev–Trinajstić information content (AvgIpc) is 3.27. The summed E-state index contributed by atoms with van der Waals surface area (Å²) >= 11 is 2.84. The number of aromatic nitrogens is 1. The van der Waals surface area contributed by atoms with Crippen molar-refractivity contribution in [2.45, 2.75) is 26.3 Å². The van der Waals surface area contributed by atoms with Gasteiger partial charge >= 0.3 is 6.36 Å². The molecule has 31 heavy (non-hydrogen) atoms. The maximum atomic E-state index is 12.6. The van der Waals surface area contributed by atoms with E-state index in [0.717, 1.165) is 21.0 Å². The smallest absolute Gasteiger partial charge is 0.406 e. The SMILES string of the molecule is Cc1sc2c(c1CC(=O)Nc1nc(-c3cccc(OC(F)(F)F)c3)cs1)COCN2C. The molecule has 1 N–H and O–H groups in total. The molecule has 1 aliphatic rings. The molecule has 0 atom stereocenters. The predicted molar refractivity (Wildman–Crippen MR) is 114 cm³/mol. The Bertz CT molecular complexity index is 1110. The molecule has 4 rings (SSSR count). The van der Waals surface area contributed by atoms with Crippen LogP contribution in [0.1, 0.15) is 16.0 Å². The lowest BCUT2D eigenvalue weighted by molar-refractivity contribution is -0.274. The van der Waals surface area contributed by atoms with Crippen LogP contribution in [0.4, 0.5) is 23.3 Å². The van der Waals surface area contributed by atoms with Crippen molar-refractivity contribution >= 4 is 38.7 Å². The number of fused-ring (bicyclic) bond motifs is 1.